The Bertz CT molecular complexity index is 463. The third kappa shape index (κ3) is 3.20. The molecule has 2 rings (SSSR count). The Hall–Kier alpha value is -0.810. The van der Waals surface area contributed by atoms with Crippen molar-refractivity contribution < 1.29 is 9.53 Å². The van der Waals surface area contributed by atoms with Gasteiger partial charge < -0.3 is 10.1 Å². The fourth-order valence-electron chi connectivity index (χ4n) is 2.53. The van der Waals surface area contributed by atoms with Crippen LogP contribution in [0.25, 0.3) is 0 Å². The van der Waals surface area contributed by atoms with Crippen LogP contribution in [0.1, 0.15) is 42.8 Å². The van der Waals surface area contributed by atoms with Crippen LogP contribution in [-0.4, -0.2) is 24.1 Å². The third-order valence-electron chi connectivity index (χ3n) is 3.97. The molecule has 6 heteroatoms. The Labute approximate surface area is 122 Å². The quantitative estimate of drug-likeness (QED) is 0.862. The first-order valence-electron chi connectivity index (χ1n) is 6.54. The van der Waals surface area contributed by atoms with Crippen molar-refractivity contribution in [2.75, 3.05) is 12.4 Å². The smallest absolute Gasteiger partial charge is 0.351 e. The van der Waals surface area contributed by atoms with Crippen LogP contribution < -0.4 is 5.32 Å². The van der Waals surface area contributed by atoms with E-state index < -0.39 is 5.97 Å². The molecule has 1 fully saturated rings. The Morgan fingerprint density at radius 2 is 2.21 bits per heavy atom. The van der Waals surface area contributed by atoms with E-state index >= 15 is 0 Å². The van der Waals surface area contributed by atoms with Gasteiger partial charge in [0.1, 0.15) is 0 Å². The summed E-state index contributed by atoms with van der Waals surface area (Å²) in [6, 6.07) is 0.400. The SMILES string of the molecule is COC(=O)c1sc(NC2CCCC(C)C2C)nc1Cl. The number of hydrogen-bond donors (Lipinski definition) is 1. The molecule has 0 radical (unpaired) electrons. The maximum Gasteiger partial charge on any atom is 0.351 e. The summed E-state index contributed by atoms with van der Waals surface area (Å²) < 4.78 is 4.68. The van der Waals surface area contributed by atoms with Crippen LogP contribution in [0.2, 0.25) is 5.15 Å². The highest BCUT2D eigenvalue weighted by Crippen LogP contribution is 2.34. The highest BCUT2D eigenvalue weighted by atomic mass is 35.5. The van der Waals surface area contributed by atoms with Gasteiger partial charge in [-0.3, -0.25) is 0 Å². The van der Waals surface area contributed by atoms with E-state index in [0.29, 0.717) is 27.9 Å². The topological polar surface area (TPSA) is 51.2 Å². The van der Waals surface area contributed by atoms with Crippen molar-refractivity contribution in [1.29, 1.82) is 0 Å². The predicted octanol–water partition coefficient (Wildman–Crippen LogP) is 3.82. The van der Waals surface area contributed by atoms with Crippen LogP contribution in [-0.2, 0) is 4.74 Å². The molecule has 1 N–H and O–H groups in total. The van der Waals surface area contributed by atoms with Crippen LogP contribution in [0.5, 0.6) is 0 Å². The number of methoxy groups -OCH3 is 1. The number of carbonyl (C=O) groups is 1. The molecule has 0 aromatic carbocycles. The van der Waals surface area contributed by atoms with E-state index in [9.17, 15) is 4.79 Å². The molecule has 1 aromatic rings. The zero-order valence-corrected chi connectivity index (χ0v) is 13.0. The fourth-order valence-corrected chi connectivity index (χ4v) is 3.69. The molecule has 0 bridgehead atoms. The van der Waals surface area contributed by atoms with E-state index in [4.69, 9.17) is 11.6 Å². The van der Waals surface area contributed by atoms with E-state index in [0.717, 1.165) is 6.42 Å². The second kappa shape index (κ2) is 6.09. The van der Waals surface area contributed by atoms with Gasteiger partial charge in [-0.05, 0) is 18.3 Å². The molecule has 1 saturated carbocycles. The van der Waals surface area contributed by atoms with Gasteiger partial charge in [-0.2, -0.15) is 0 Å². The van der Waals surface area contributed by atoms with Crippen molar-refractivity contribution in [3.05, 3.63) is 10.0 Å². The van der Waals surface area contributed by atoms with E-state index in [2.05, 4.69) is 28.9 Å². The lowest BCUT2D eigenvalue weighted by molar-refractivity contribution is 0.0606. The first-order valence-corrected chi connectivity index (χ1v) is 7.73. The molecular formula is C13H19ClN2O2S. The molecule has 19 heavy (non-hydrogen) atoms. The van der Waals surface area contributed by atoms with E-state index in [1.54, 1.807) is 0 Å². The minimum atomic E-state index is -0.430. The Morgan fingerprint density at radius 3 is 2.89 bits per heavy atom. The maximum atomic E-state index is 11.5. The van der Waals surface area contributed by atoms with Gasteiger partial charge in [-0.1, -0.05) is 49.6 Å². The molecule has 1 aliphatic rings. The van der Waals surface area contributed by atoms with Crippen molar-refractivity contribution in [2.45, 2.75) is 39.2 Å². The normalized spacial score (nSPS) is 27.1. The zero-order valence-electron chi connectivity index (χ0n) is 11.4. The molecule has 106 valence electrons. The number of hydrogen-bond acceptors (Lipinski definition) is 5. The van der Waals surface area contributed by atoms with Crippen LogP contribution in [0, 0.1) is 11.8 Å². The van der Waals surface area contributed by atoms with Gasteiger partial charge in [-0.25, -0.2) is 9.78 Å². The summed E-state index contributed by atoms with van der Waals surface area (Å²) in [6.45, 7) is 4.55. The van der Waals surface area contributed by atoms with Crippen LogP contribution in [0.15, 0.2) is 0 Å². The van der Waals surface area contributed by atoms with E-state index in [1.807, 2.05) is 0 Å². The summed E-state index contributed by atoms with van der Waals surface area (Å²) in [5.41, 5.74) is 0. The number of esters is 1. The lowest BCUT2D eigenvalue weighted by Crippen LogP contribution is -2.34. The van der Waals surface area contributed by atoms with Crippen LogP contribution in [0.3, 0.4) is 0 Å². The summed E-state index contributed by atoms with van der Waals surface area (Å²) in [7, 11) is 1.34. The number of ether oxygens (including phenoxy) is 1. The first kappa shape index (κ1) is 14.6. The lowest BCUT2D eigenvalue weighted by atomic mass is 9.78. The second-order valence-corrected chi connectivity index (χ2v) is 6.51. The average molecular weight is 303 g/mol. The average Bonchev–Trinajstić information content (AvgIpc) is 2.75. The summed E-state index contributed by atoms with van der Waals surface area (Å²) in [6.07, 6.45) is 3.65. The maximum absolute atomic E-state index is 11.5. The van der Waals surface area contributed by atoms with Gasteiger partial charge in [0.05, 0.1) is 7.11 Å². The van der Waals surface area contributed by atoms with Crippen molar-refractivity contribution in [3.8, 4) is 0 Å². The molecule has 1 heterocycles. The third-order valence-corrected chi connectivity index (χ3v) is 5.32. The number of carbonyl (C=O) groups excluding carboxylic acids is 1. The minimum absolute atomic E-state index is 0.218. The minimum Gasteiger partial charge on any atom is -0.465 e. The number of rotatable bonds is 3. The van der Waals surface area contributed by atoms with Gasteiger partial charge in [0, 0.05) is 6.04 Å². The highest BCUT2D eigenvalue weighted by molar-refractivity contribution is 7.18. The van der Waals surface area contributed by atoms with Gasteiger partial charge >= 0.3 is 5.97 Å². The number of halogens is 1. The first-order chi connectivity index (χ1) is 9.02. The van der Waals surface area contributed by atoms with Crippen LogP contribution in [0.4, 0.5) is 5.13 Å². The molecule has 0 amide bonds. The zero-order chi connectivity index (χ0) is 14.0. The monoisotopic (exact) mass is 302 g/mol. The standard InChI is InChI=1S/C13H19ClN2O2S/c1-7-5-4-6-9(8(7)2)15-13-16-11(14)10(19-13)12(17)18-3/h7-9H,4-6H2,1-3H3,(H,15,16). The molecule has 0 saturated heterocycles. The number of thiazole rings is 1. The molecule has 3 unspecified atom stereocenters. The van der Waals surface area contributed by atoms with Crippen molar-refractivity contribution >= 4 is 34.0 Å². The van der Waals surface area contributed by atoms with E-state index in [-0.39, 0.29) is 5.15 Å². The van der Waals surface area contributed by atoms with Crippen LogP contribution >= 0.6 is 22.9 Å². The summed E-state index contributed by atoms with van der Waals surface area (Å²) in [4.78, 5) is 16.1. The predicted molar refractivity (Wildman–Crippen MR) is 78.1 cm³/mol. The molecular weight excluding hydrogens is 284 g/mol. The Balaban J connectivity index is 2.09. The molecule has 1 aliphatic carbocycles. The summed E-state index contributed by atoms with van der Waals surface area (Å²) in [5, 5.41) is 4.34. The Morgan fingerprint density at radius 1 is 1.47 bits per heavy atom. The molecule has 0 aliphatic heterocycles. The van der Waals surface area contributed by atoms with Crippen molar-refractivity contribution in [3.63, 3.8) is 0 Å². The molecule has 1 aromatic heterocycles. The molecule has 0 spiro atoms. The van der Waals surface area contributed by atoms with Crippen molar-refractivity contribution in [2.24, 2.45) is 11.8 Å². The second-order valence-electron chi connectivity index (χ2n) is 5.15. The van der Waals surface area contributed by atoms with Gasteiger partial charge in [-0.15, -0.1) is 0 Å². The number of nitrogens with one attached hydrogen (secondary N) is 1. The summed E-state index contributed by atoms with van der Waals surface area (Å²) >= 11 is 7.22. The number of aromatic nitrogens is 1. The number of anilines is 1. The molecule has 4 nitrogen and oxygen atoms in total. The highest BCUT2D eigenvalue weighted by Gasteiger charge is 2.28. The molecule has 3 atom stereocenters. The fraction of sp³-hybridized carbons (Fsp3) is 0.692. The van der Waals surface area contributed by atoms with E-state index in [1.165, 1.54) is 31.3 Å². The van der Waals surface area contributed by atoms with Gasteiger partial charge in [0.15, 0.2) is 15.2 Å². The van der Waals surface area contributed by atoms with Gasteiger partial charge in [0.25, 0.3) is 0 Å². The number of nitrogens with zero attached hydrogens (tertiary/aromatic N) is 1. The Kier molecular flexibility index (Phi) is 4.68. The summed E-state index contributed by atoms with van der Waals surface area (Å²) in [5.74, 6) is 0.875. The van der Waals surface area contributed by atoms with Crippen molar-refractivity contribution in [1.82, 2.24) is 4.98 Å². The lowest BCUT2D eigenvalue weighted by Gasteiger charge is -2.34. The largest absolute Gasteiger partial charge is 0.465 e. The van der Waals surface area contributed by atoms with Gasteiger partial charge in [0.2, 0.25) is 0 Å².